The number of hydrogen-bond acceptors (Lipinski definition) is 2. The molecule has 1 aliphatic heterocycles. The lowest BCUT2D eigenvalue weighted by atomic mass is 9.96. The van der Waals surface area contributed by atoms with Gasteiger partial charge in [0.2, 0.25) is 0 Å². The van der Waals surface area contributed by atoms with E-state index in [1.165, 1.54) is 0 Å². The molecule has 0 aliphatic carbocycles. The minimum atomic E-state index is -0.166. The van der Waals surface area contributed by atoms with Crippen molar-refractivity contribution in [2.24, 2.45) is 0 Å². The zero-order valence-corrected chi connectivity index (χ0v) is 7.14. The molecule has 0 aromatic rings. The van der Waals surface area contributed by atoms with Gasteiger partial charge in [-0.25, -0.2) is 0 Å². The number of hydrogen-bond donors (Lipinski definition) is 2. The van der Waals surface area contributed by atoms with E-state index in [4.69, 9.17) is 0 Å². The molecule has 2 heteroatoms. The second-order valence-electron chi connectivity index (χ2n) is 3.43. The van der Waals surface area contributed by atoms with Gasteiger partial charge in [-0.15, -0.1) is 6.58 Å². The van der Waals surface area contributed by atoms with Gasteiger partial charge in [0.15, 0.2) is 0 Å². The van der Waals surface area contributed by atoms with Gasteiger partial charge >= 0.3 is 0 Å². The van der Waals surface area contributed by atoms with Crippen LogP contribution in [0.25, 0.3) is 0 Å². The number of piperidine rings is 1. The predicted octanol–water partition coefficient (Wildman–Crippen LogP) is 1.07. The molecule has 11 heavy (non-hydrogen) atoms. The Hall–Kier alpha value is -0.340. The zero-order valence-electron chi connectivity index (χ0n) is 7.14. The minimum Gasteiger partial charge on any atom is -0.391 e. The summed E-state index contributed by atoms with van der Waals surface area (Å²) in [6, 6.07) is 0.251. The molecule has 0 saturated carbocycles. The van der Waals surface area contributed by atoms with Gasteiger partial charge in [0.05, 0.1) is 6.10 Å². The Morgan fingerprint density at radius 2 is 2.45 bits per heavy atom. The van der Waals surface area contributed by atoms with Crippen molar-refractivity contribution in [2.75, 3.05) is 6.54 Å². The second kappa shape index (κ2) is 3.88. The maximum Gasteiger partial charge on any atom is 0.0696 e. The second-order valence-corrected chi connectivity index (χ2v) is 3.43. The highest BCUT2D eigenvalue weighted by Gasteiger charge is 2.21. The molecule has 0 spiro atoms. The monoisotopic (exact) mass is 155 g/mol. The highest BCUT2D eigenvalue weighted by atomic mass is 16.3. The van der Waals surface area contributed by atoms with Crippen LogP contribution in [0.4, 0.5) is 0 Å². The number of rotatable bonds is 2. The lowest BCUT2D eigenvalue weighted by Crippen LogP contribution is -2.44. The van der Waals surface area contributed by atoms with Crippen LogP contribution in [0, 0.1) is 0 Å². The van der Waals surface area contributed by atoms with Gasteiger partial charge in [-0.05, 0) is 32.7 Å². The molecule has 1 heterocycles. The van der Waals surface area contributed by atoms with Crippen LogP contribution in [0.3, 0.4) is 0 Å². The van der Waals surface area contributed by atoms with Crippen LogP contribution in [-0.4, -0.2) is 23.8 Å². The summed E-state index contributed by atoms with van der Waals surface area (Å²) < 4.78 is 0. The van der Waals surface area contributed by atoms with Crippen LogP contribution >= 0.6 is 0 Å². The molecule has 0 aromatic carbocycles. The van der Waals surface area contributed by atoms with E-state index < -0.39 is 0 Å². The summed E-state index contributed by atoms with van der Waals surface area (Å²) in [6.07, 6.45) is 2.76. The quantitative estimate of drug-likeness (QED) is 0.584. The first-order valence-corrected chi connectivity index (χ1v) is 4.26. The van der Waals surface area contributed by atoms with Crippen molar-refractivity contribution in [3.8, 4) is 0 Å². The average Bonchev–Trinajstić information content (AvgIpc) is 1.93. The summed E-state index contributed by atoms with van der Waals surface area (Å²) in [5, 5.41) is 12.8. The van der Waals surface area contributed by atoms with Gasteiger partial charge in [-0.3, -0.25) is 0 Å². The fourth-order valence-electron chi connectivity index (χ4n) is 1.52. The average molecular weight is 155 g/mol. The molecule has 0 radical (unpaired) electrons. The van der Waals surface area contributed by atoms with Gasteiger partial charge in [0, 0.05) is 6.04 Å². The molecule has 0 amide bonds. The SMILES string of the molecule is C=C(C)CC1NCCCC1O. The van der Waals surface area contributed by atoms with Gasteiger partial charge in [-0.2, -0.15) is 0 Å². The molecule has 2 N–H and O–H groups in total. The number of nitrogens with one attached hydrogen (secondary N) is 1. The van der Waals surface area contributed by atoms with E-state index in [9.17, 15) is 5.11 Å². The smallest absolute Gasteiger partial charge is 0.0696 e. The van der Waals surface area contributed by atoms with Crippen molar-refractivity contribution in [3.05, 3.63) is 12.2 Å². The van der Waals surface area contributed by atoms with E-state index in [1.54, 1.807) is 0 Å². The topological polar surface area (TPSA) is 32.3 Å². The molecule has 0 aromatic heterocycles. The van der Waals surface area contributed by atoms with Crippen LogP contribution in [0.2, 0.25) is 0 Å². The normalized spacial score (nSPS) is 31.8. The fourth-order valence-corrected chi connectivity index (χ4v) is 1.52. The minimum absolute atomic E-state index is 0.166. The van der Waals surface area contributed by atoms with Gasteiger partial charge < -0.3 is 10.4 Å². The van der Waals surface area contributed by atoms with Gasteiger partial charge in [0.1, 0.15) is 0 Å². The third-order valence-corrected chi connectivity index (χ3v) is 2.12. The van der Waals surface area contributed by atoms with E-state index in [1.807, 2.05) is 6.92 Å². The summed E-state index contributed by atoms with van der Waals surface area (Å²) >= 11 is 0. The first-order chi connectivity index (χ1) is 5.20. The van der Waals surface area contributed by atoms with Gasteiger partial charge in [0.25, 0.3) is 0 Å². The Bertz CT molecular complexity index is 144. The fraction of sp³-hybridized carbons (Fsp3) is 0.778. The first kappa shape index (κ1) is 8.75. The van der Waals surface area contributed by atoms with Crippen LogP contribution in [0.5, 0.6) is 0 Å². The summed E-state index contributed by atoms with van der Waals surface area (Å²) in [6.45, 7) is 6.87. The van der Waals surface area contributed by atoms with Crippen LogP contribution in [0.15, 0.2) is 12.2 Å². The molecular weight excluding hydrogens is 138 g/mol. The molecule has 2 atom stereocenters. The molecular formula is C9H17NO. The zero-order chi connectivity index (χ0) is 8.27. The van der Waals surface area contributed by atoms with Crippen molar-refractivity contribution in [1.29, 1.82) is 0 Å². The molecule has 1 fully saturated rings. The lowest BCUT2D eigenvalue weighted by molar-refractivity contribution is 0.0964. The summed E-state index contributed by atoms with van der Waals surface area (Å²) in [5.41, 5.74) is 1.14. The third kappa shape index (κ3) is 2.64. The van der Waals surface area contributed by atoms with E-state index in [-0.39, 0.29) is 12.1 Å². The van der Waals surface area contributed by atoms with E-state index in [0.29, 0.717) is 0 Å². The third-order valence-electron chi connectivity index (χ3n) is 2.12. The predicted molar refractivity (Wildman–Crippen MR) is 46.5 cm³/mol. The van der Waals surface area contributed by atoms with Crippen molar-refractivity contribution in [1.82, 2.24) is 5.32 Å². The van der Waals surface area contributed by atoms with Crippen LogP contribution in [-0.2, 0) is 0 Å². The Kier molecular flexibility index (Phi) is 3.09. The van der Waals surface area contributed by atoms with E-state index in [0.717, 1.165) is 31.4 Å². The Morgan fingerprint density at radius 3 is 3.00 bits per heavy atom. The maximum absolute atomic E-state index is 9.51. The number of aliphatic hydroxyl groups excluding tert-OH is 1. The van der Waals surface area contributed by atoms with Crippen LogP contribution < -0.4 is 5.32 Å². The summed E-state index contributed by atoms with van der Waals surface area (Å²) in [4.78, 5) is 0. The first-order valence-electron chi connectivity index (χ1n) is 4.26. The van der Waals surface area contributed by atoms with Crippen molar-refractivity contribution >= 4 is 0 Å². The number of aliphatic hydroxyl groups is 1. The molecule has 1 aliphatic rings. The Morgan fingerprint density at radius 1 is 1.73 bits per heavy atom. The molecule has 2 nitrogen and oxygen atoms in total. The highest BCUT2D eigenvalue weighted by Crippen LogP contribution is 2.14. The molecule has 64 valence electrons. The highest BCUT2D eigenvalue weighted by molar-refractivity contribution is 4.96. The van der Waals surface area contributed by atoms with Crippen molar-refractivity contribution in [3.63, 3.8) is 0 Å². The summed E-state index contributed by atoms with van der Waals surface area (Å²) in [5.74, 6) is 0. The Balaban J connectivity index is 2.35. The molecule has 1 rings (SSSR count). The summed E-state index contributed by atoms with van der Waals surface area (Å²) in [7, 11) is 0. The largest absolute Gasteiger partial charge is 0.391 e. The Labute approximate surface area is 68.3 Å². The lowest BCUT2D eigenvalue weighted by Gasteiger charge is -2.28. The molecule has 2 unspecified atom stereocenters. The van der Waals surface area contributed by atoms with Crippen molar-refractivity contribution in [2.45, 2.75) is 38.3 Å². The van der Waals surface area contributed by atoms with Gasteiger partial charge in [-0.1, -0.05) is 5.57 Å². The molecule has 0 bridgehead atoms. The van der Waals surface area contributed by atoms with E-state index in [2.05, 4.69) is 11.9 Å². The van der Waals surface area contributed by atoms with Crippen LogP contribution in [0.1, 0.15) is 26.2 Å². The standard InChI is InChI=1S/C9H17NO/c1-7(2)6-8-9(11)4-3-5-10-8/h8-11H,1,3-6H2,2H3. The van der Waals surface area contributed by atoms with E-state index >= 15 is 0 Å². The van der Waals surface area contributed by atoms with Crippen molar-refractivity contribution < 1.29 is 5.11 Å². The maximum atomic E-state index is 9.51. The molecule has 1 saturated heterocycles.